The Morgan fingerprint density at radius 1 is 1.27 bits per heavy atom. The fraction of sp³-hybridized carbons (Fsp3) is 0.438. The highest BCUT2D eigenvalue weighted by molar-refractivity contribution is 5.97. The number of fused-ring (bicyclic) bond motifs is 2. The molecule has 2 atom stereocenters. The SMILES string of the molecule is C[C@H]1C(=O)N2CCC[C@H]2C(=O)N1Cc1cn2ccccc2n1. The van der Waals surface area contributed by atoms with Crippen molar-refractivity contribution in [2.75, 3.05) is 6.54 Å². The van der Waals surface area contributed by atoms with Crippen LogP contribution in [0.15, 0.2) is 30.6 Å². The molecule has 0 aliphatic carbocycles. The van der Waals surface area contributed by atoms with E-state index >= 15 is 0 Å². The van der Waals surface area contributed by atoms with Crippen molar-refractivity contribution in [3.05, 3.63) is 36.3 Å². The van der Waals surface area contributed by atoms with E-state index in [2.05, 4.69) is 4.98 Å². The van der Waals surface area contributed by atoms with Crippen molar-refractivity contribution in [3.63, 3.8) is 0 Å². The molecule has 0 unspecified atom stereocenters. The zero-order chi connectivity index (χ0) is 15.3. The van der Waals surface area contributed by atoms with Gasteiger partial charge in [-0.2, -0.15) is 0 Å². The van der Waals surface area contributed by atoms with Crippen molar-refractivity contribution >= 4 is 17.5 Å². The lowest BCUT2D eigenvalue weighted by Gasteiger charge is -2.40. The summed E-state index contributed by atoms with van der Waals surface area (Å²) in [5.41, 5.74) is 1.66. The fourth-order valence-corrected chi connectivity index (χ4v) is 3.50. The van der Waals surface area contributed by atoms with Gasteiger partial charge in [-0.15, -0.1) is 0 Å². The summed E-state index contributed by atoms with van der Waals surface area (Å²) < 4.78 is 1.93. The van der Waals surface area contributed by atoms with Gasteiger partial charge in [-0.3, -0.25) is 9.59 Å². The fourth-order valence-electron chi connectivity index (χ4n) is 3.50. The molecule has 114 valence electrons. The number of amides is 2. The normalized spacial score (nSPS) is 25.1. The van der Waals surface area contributed by atoms with Crippen LogP contribution < -0.4 is 0 Å². The van der Waals surface area contributed by atoms with E-state index in [4.69, 9.17) is 0 Å². The van der Waals surface area contributed by atoms with E-state index in [1.165, 1.54) is 0 Å². The first-order valence-electron chi connectivity index (χ1n) is 7.69. The summed E-state index contributed by atoms with van der Waals surface area (Å²) in [6, 6.07) is 5.12. The monoisotopic (exact) mass is 298 g/mol. The third-order valence-corrected chi connectivity index (χ3v) is 4.68. The Balaban J connectivity index is 1.63. The second kappa shape index (κ2) is 4.83. The Kier molecular flexibility index (Phi) is 2.92. The molecule has 6 nitrogen and oxygen atoms in total. The molecule has 0 bridgehead atoms. The molecule has 0 saturated carbocycles. The minimum atomic E-state index is -0.410. The summed E-state index contributed by atoms with van der Waals surface area (Å²) in [5, 5.41) is 0. The first-order chi connectivity index (χ1) is 10.6. The molecule has 2 amide bonds. The van der Waals surface area contributed by atoms with Gasteiger partial charge in [0, 0.05) is 18.9 Å². The number of pyridine rings is 1. The zero-order valence-corrected chi connectivity index (χ0v) is 12.5. The van der Waals surface area contributed by atoms with Gasteiger partial charge in [-0.05, 0) is 31.9 Å². The van der Waals surface area contributed by atoms with Gasteiger partial charge in [-0.1, -0.05) is 6.07 Å². The number of carbonyl (C=O) groups excluding carboxylic acids is 2. The quantitative estimate of drug-likeness (QED) is 0.833. The van der Waals surface area contributed by atoms with Crippen molar-refractivity contribution < 1.29 is 9.59 Å². The summed E-state index contributed by atoms with van der Waals surface area (Å²) in [7, 11) is 0. The Morgan fingerprint density at radius 2 is 2.14 bits per heavy atom. The summed E-state index contributed by atoms with van der Waals surface area (Å²) in [5.74, 6) is 0.118. The average molecular weight is 298 g/mol. The third-order valence-electron chi connectivity index (χ3n) is 4.68. The first-order valence-corrected chi connectivity index (χ1v) is 7.69. The molecule has 4 rings (SSSR count). The lowest BCUT2D eigenvalue weighted by molar-refractivity contribution is -0.159. The van der Waals surface area contributed by atoms with Gasteiger partial charge >= 0.3 is 0 Å². The van der Waals surface area contributed by atoms with Crippen LogP contribution in [-0.2, 0) is 16.1 Å². The Bertz CT molecular complexity index is 720. The van der Waals surface area contributed by atoms with E-state index in [0.29, 0.717) is 13.1 Å². The van der Waals surface area contributed by atoms with Crippen molar-refractivity contribution in [2.24, 2.45) is 0 Å². The number of aromatic nitrogens is 2. The predicted molar refractivity (Wildman–Crippen MR) is 79.9 cm³/mol. The summed E-state index contributed by atoms with van der Waals surface area (Å²) >= 11 is 0. The molecule has 2 aliphatic rings. The minimum Gasteiger partial charge on any atom is -0.329 e. The number of nitrogens with zero attached hydrogens (tertiary/aromatic N) is 4. The highest BCUT2D eigenvalue weighted by Gasteiger charge is 2.45. The Hall–Kier alpha value is -2.37. The standard InChI is InChI=1S/C16H18N4O2/c1-11-15(21)19-8-4-5-13(19)16(22)20(11)10-12-9-18-7-3-2-6-14(18)17-12/h2-3,6-7,9,11,13H,4-5,8,10H2,1H3/t11-,13-/m0/s1. The number of hydrogen-bond acceptors (Lipinski definition) is 3. The van der Waals surface area contributed by atoms with Crippen molar-refractivity contribution in [1.82, 2.24) is 19.2 Å². The number of hydrogen-bond donors (Lipinski definition) is 0. The molecule has 2 aromatic rings. The van der Waals surface area contributed by atoms with Gasteiger partial charge in [-0.25, -0.2) is 4.98 Å². The molecule has 2 fully saturated rings. The molecule has 0 radical (unpaired) electrons. The van der Waals surface area contributed by atoms with Gasteiger partial charge in [0.2, 0.25) is 11.8 Å². The molecule has 2 saturated heterocycles. The van der Waals surface area contributed by atoms with Gasteiger partial charge in [0.05, 0.1) is 12.2 Å². The second-order valence-corrected chi connectivity index (χ2v) is 6.03. The molecule has 6 heteroatoms. The number of piperazine rings is 1. The largest absolute Gasteiger partial charge is 0.329 e. The zero-order valence-electron chi connectivity index (χ0n) is 12.5. The van der Waals surface area contributed by atoms with Crippen LogP contribution in [0.5, 0.6) is 0 Å². The molecule has 0 spiro atoms. The van der Waals surface area contributed by atoms with Gasteiger partial charge in [0.1, 0.15) is 17.7 Å². The van der Waals surface area contributed by atoms with Gasteiger partial charge < -0.3 is 14.2 Å². The number of imidazole rings is 1. The third kappa shape index (κ3) is 1.90. The number of rotatable bonds is 2. The van der Waals surface area contributed by atoms with Crippen LogP contribution in [0.3, 0.4) is 0 Å². The summed E-state index contributed by atoms with van der Waals surface area (Å²) in [6.45, 7) is 2.91. The highest BCUT2D eigenvalue weighted by Crippen LogP contribution is 2.27. The van der Waals surface area contributed by atoms with Crippen LogP contribution in [0.1, 0.15) is 25.5 Å². The van der Waals surface area contributed by atoms with E-state index in [1.54, 1.807) is 9.80 Å². The maximum atomic E-state index is 12.7. The van der Waals surface area contributed by atoms with Gasteiger partial charge in [0.15, 0.2) is 0 Å². The first kappa shape index (κ1) is 13.3. The van der Waals surface area contributed by atoms with Crippen molar-refractivity contribution in [3.8, 4) is 0 Å². The maximum Gasteiger partial charge on any atom is 0.246 e. The molecule has 4 heterocycles. The van der Waals surface area contributed by atoms with Crippen LogP contribution in [0.25, 0.3) is 5.65 Å². The Labute approximate surface area is 128 Å². The molecule has 0 aromatic carbocycles. The average Bonchev–Trinajstić information content (AvgIpc) is 3.15. The molecule has 22 heavy (non-hydrogen) atoms. The van der Waals surface area contributed by atoms with Crippen molar-refractivity contribution in [1.29, 1.82) is 0 Å². The topological polar surface area (TPSA) is 57.9 Å². The minimum absolute atomic E-state index is 0.0571. The van der Waals surface area contributed by atoms with Crippen molar-refractivity contribution in [2.45, 2.75) is 38.4 Å². The predicted octanol–water partition coefficient (Wildman–Crippen LogP) is 1.06. The summed E-state index contributed by atoms with van der Waals surface area (Å²) in [4.78, 5) is 33.1. The molecule has 2 aromatic heterocycles. The molecular weight excluding hydrogens is 280 g/mol. The van der Waals surface area contributed by atoms with Crippen LogP contribution in [0.4, 0.5) is 0 Å². The van der Waals surface area contributed by atoms with Crippen LogP contribution in [-0.4, -0.2) is 49.6 Å². The molecular formula is C16H18N4O2. The molecule has 2 aliphatic heterocycles. The van der Waals surface area contributed by atoms with E-state index < -0.39 is 6.04 Å². The van der Waals surface area contributed by atoms with E-state index in [9.17, 15) is 9.59 Å². The maximum absolute atomic E-state index is 12.7. The lowest BCUT2D eigenvalue weighted by Crippen LogP contribution is -2.61. The highest BCUT2D eigenvalue weighted by atomic mass is 16.2. The van der Waals surface area contributed by atoms with E-state index in [1.807, 2.05) is 41.9 Å². The second-order valence-electron chi connectivity index (χ2n) is 6.03. The number of carbonyl (C=O) groups is 2. The van der Waals surface area contributed by atoms with Crippen LogP contribution in [0, 0.1) is 0 Å². The van der Waals surface area contributed by atoms with Gasteiger partial charge in [0.25, 0.3) is 0 Å². The van der Waals surface area contributed by atoms with E-state index in [0.717, 1.165) is 24.2 Å². The lowest BCUT2D eigenvalue weighted by atomic mass is 10.1. The smallest absolute Gasteiger partial charge is 0.246 e. The van der Waals surface area contributed by atoms with Crippen LogP contribution >= 0.6 is 0 Å². The van der Waals surface area contributed by atoms with Crippen LogP contribution in [0.2, 0.25) is 0 Å². The molecule has 0 N–H and O–H groups in total. The summed E-state index contributed by atoms with van der Waals surface area (Å²) in [6.07, 6.45) is 5.54. The van der Waals surface area contributed by atoms with E-state index in [-0.39, 0.29) is 17.9 Å². The Morgan fingerprint density at radius 3 is 2.95 bits per heavy atom.